The van der Waals surface area contributed by atoms with Gasteiger partial charge in [-0.05, 0) is 39.3 Å². The van der Waals surface area contributed by atoms with Crippen LogP contribution >= 0.6 is 11.6 Å². The molecule has 0 saturated carbocycles. The van der Waals surface area contributed by atoms with Crippen molar-refractivity contribution in [2.24, 2.45) is 0 Å². The van der Waals surface area contributed by atoms with Crippen molar-refractivity contribution in [2.45, 2.75) is 50.6 Å². The fourth-order valence-corrected chi connectivity index (χ4v) is 5.35. The quantitative estimate of drug-likeness (QED) is 0.366. The second-order valence-corrected chi connectivity index (χ2v) is 11.5. The van der Waals surface area contributed by atoms with Gasteiger partial charge < -0.3 is 18.9 Å². The maximum absolute atomic E-state index is 13.7. The highest BCUT2D eigenvalue weighted by molar-refractivity contribution is 7.93. The molecule has 3 heterocycles. The minimum absolute atomic E-state index is 0.0260. The summed E-state index contributed by atoms with van der Waals surface area (Å²) in [6, 6.07) is 5.27. The van der Waals surface area contributed by atoms with E-state index < -0.39 is 21.4 Å². The minimum Gasteiger partial charge on any atom is -0.494 e. The Morgan fingerprint density at radius 1 is 1.11 bits per heavy atom. The van der Waals surface area contributed by atoms with Crippen LogP contribution in [0, 0.1) is 0 Å². The van der Waals surface area contributed by atoms with Gasteiger partial charge in [-0.25, -0.2) is 18.4 Å². The van der Waals surface area contributed by atoms with Crippen LogP contribution in [-0.2, 0) is 19.5 Å². The number of nitrogens with zero attached hydrogens (tertiary/aromatic N) is 5. The van der Waals surface area contributed by atoms with E-state index in [-0.39, 0.29) is 23.8 Å². The van der Waals surface area contributed by atoms with E-state index in [1.165, 1.54) is 33.5 Å². The highest BCUT2D eigenvalue weighted by Crippen LogP contribution is 2.38. The second kappa shape index (κ2) is 11.8. The van der Waals surface area contributed by atoms with Gasteiger partial charge in [-0.3, -0.25) is 9.29 Å². The van der Waals surface area contributed by atoms with Gasteiger partial charge in [0.05, 0.1) is 32.0 Å². The monoisotopic (exact) mass is 566 g/mol. The van der Waals surface area contributed by atoms with Crippen molar-refractivity contribution in [3.63, 3.8) is 0 Å². The Balaban J connectivity index is 1.78. The van der Waals surface area contributed by atoms with Gasteiger partial charge in [-0.15, -0.1) is 10.2 Å². The van der Waals surface area contributed by atoms with Gasteiger partial charge in [-0.1, -0.05) is 17.7 Å². The van der Waals surface area contributed by atoms with E-state index in [9.17, 15) is 8.42 Å². The van der Waals surface area contributed by atoms with Gasteiger partial charge in [0.2, 0.25) is 16.0 Å². The van der Waals surface area contributed by atoms with Gasteiger partial charge in [0.15, 0.2) is 5.82 Å². The molecule has 2 aromatic heterocycles. The molecule has 12 nitrogen and oxygen atoms in total. The van der Waals surface area contributed by atoms with Crippen LogP contribution in [0.15, 0.2) is 30.6 Å². The third-order valence-corrected chi connectivity index (χ3v) is 7.96. The lowest BCUT2D eigenvalue weighted by Gasteiger charge is -2.25. The van der Waals surface area contributed by atoms with Crippen molar-refractivity contribution in [3.05, 3.63) is 47.3 Å². The smallest absolute Gasteiger partial charge is 0.243 e. The van der Waals surface area contributed by atoms with Crippen molar-refractivity contribution >= 4 is 27.6 Å². The maximum Gasteiger partial charge on any atom is 0.243 e. The van der Waals surface area contributed by atoms with Crippen molar-refractivity contribution in [3.8, 4) is 17.2 Å². The number of halogens is 1. The molecule has 1 fully saturated rings. The molecular weight excluding hydrogens is 536 g/mol. The summed E-state index contributed by atoms with van der Waals surface area (Å²) < 4.78 is 54.4. The first-order valence-electron chi connectivity index (χ1n) is 12.0. The van der Waals surface area contributed by atoms with Crippen LogP contribution in [0.5, 0.6) is 11.5 Å². The summed E-state index contributed by atoms with van der Waals surface area (Å²) in [5.41, 5.74) is 0.464. The van der Waals surface area contributed by atoms with Crippen LogP contribution in [0.3, 0.4) is 0 Å². The fraction of sp³-hybridized carbons (Fsp3) is 0.500. The number of rotatable bonds is 11. The first kappa shape index (κ1) is 28.0. The Bertz CT molecular complexity index is 1320. The first-order chi connectivity index (χ1) is 18.2. The van der Waals surface area contributed by atoms with Crippen molar-refractivity contribution in [1.82, 2.24) is 24.7 Å². The fourth-order valence-electron chi connectivity index (χ4n) is 4.16. The minimum atomic E-state index is -4.12. The molecule has 1 saturated heterocycles. The number of benzene rings is 1. The van der Waals surface area contributed by atoms with Crippen molar-refractivity contribution in [2.75, 3.05) is 32.2 Å². The number of anilines is 1. The molecule has 206 valence electrons. The third-order valence-electron chi connectivity index (χ3n) is 6.07. The van der Waals surface area contributed by atoms with Gasteiger partial charge in [0, 0.05) is 24.9 Å². The zero-order valence-corrected chi connectivity index (χ0v) is 23.4. The SMILES string of the molecule is COc1cccc(OC)c1-n1c(NS(=O)(=O)C(C)C(OC(C)C)c2ncc(Cl)cn2)nnc1[C@@H]1CCOC1. The van der Waals surface area contributed by atoms with Crippen LogP contribution < -0.4 is 14.2 Å². The summed E-state index contributed by atoms with van der Waals surface area (Å²) in [5, 5.41) is 7.79. The molecule has 38 heavy (non-hydrogen) atoms. The Morgan fingerprint density at radius 2 is 1.76 bits per heavy atom. The molecule has 1 aliphatic heterocycles. The predicted octanol–water partition coefficient (Wildman–Crippen LogP) is 3.53. The number of methoxy groups -OCH3 is 2. The average Bonchev–Trinajstić information content (AvgIpc) is 3.56. The summed E-state index contributed by atoms with van der Waals surface area (Å²) in [6.07, 6.45) is 2.22. The topological polar surface area (TPSA) is 140 Å². The Morgan fingerprint density at radius 3 is 2.32 bits per heavy atom. The Labute approximate surface area is 226 Å². The lowest BCUT2D eigenvalue weighted by molar-refractivity contribution is 0.00154. The molecule has 0 spiro atoms. The maximum atomic E-state index is 13.7. The highest BCUT2D eigenvalue weighted by Gasteiger charge is 2.37. The molecule has 1 aliphatic rings. The number of hydrogen-bond donors (Lipinski definition) is 1. The third kappa shape index (κ3) is 5.85. The number of sulfonamides is 1. The largest absolute Gasteiger partial charge is 0.494 e. The number of hydrogen-bond acceptors (Lipinski definition) is 10. The summed E-state index contributed by atoms with van der Waals surface area (Å²) in [7, 11) is -1.08. The second-order valence-electron chi connectivity index (χ2n) is 9.01. The van der Waals surface area contributed by atoms with E-state index >= 15 is 0 Å². The van der Waals surface area contributed by atoms with Crippen LogP contribution in [-0.4, -0.2) is 71.9 Å². The average molecular weight is 567 g/mol. The van der Waals surface area contributed by atoms with Gasteiger partial charge in [0.1, 0.15) is 34.4 Å². The normalized spacial score (nSPS) is 17.4. The zero-order valence-electron chi connectivity index (χ0n) is 21.8. The lowest BCUT2D eigenvalue weighted by Crippen LogP contribution is -2.35. The summed E-state index contributed by atoms with van der Waals surface area (Å²) >= 11 is 5.94. The molecule has 3 aromatic rings. The number of ether oxygens (including phenoxy) is 4. The molecular formula is C24H31ClN6O6S. The molecule has 4 rings (SSSR count). The van der Waals surface area contributed by atoms with Gasteiger partial charge in [-0.2, -0.15) is 0 Å². The molecule has 0 amide bonds. The zero-order chi connectivity index (χ0) is 27.4. The van der Waals surface area contributed by atoms with E-state index in [0.717, 1.165) is 0 Å². The van der Waals surface area contributed by atoms with Crippen LogP contribution in [0.2, 0.25) is 5.02 Å². The predicted molar refractivity (Wildman–Crippen MR) is 141 cm³/mol. The van der Waals surface area contributed by atoms with Gasteiger partial charge >= 0.3 is 0 Å². The van der Waals surface area contributed by atoms with E-state index in [1.54, 1.807) is 36.6 Å². The Hall–Kier alpha value is -3.00. The molecule has 3 atom stereocenters. The molecule has 1 N–H and O–H groups in total. The molecule has 0 bridgehead atoms. The van der Waals surface area contributed by atoms with Gasteiger partial charge in [0.25, 0.3) is 0 Å². The molecule has 14 heteroatoms. The van der Waals surface area contributed by atoms with Crippen LogP contribution in [0.1, 0.15) is 50.9 Å². The molecule has 2 unspecified atom stereocenters. The van der Waals surface area contributed by atoms with Crippen molar-refractivity contribution in [1.29, 1.82) is 0 Å². The van der Waals surface area contributed by atoms with E-state index in [4.69, 9.17) is 30.5 Å². The number of para-hydroxylation sites is 1. The molecule has 1 aromatic carbocycles. The van der Waals surface area contributed by atoms with Crippen LogP contribution in [0.4, 0.5) is 5.95 Å². The standard InChI is InChI=1S/C24H31ClN6O6S/c1-14(2)37-21(22-26-11-17(25)12-27-22)15(3)38(32,33)30-24-29-28-23(16-9-10-36-13-16)31(24)20-18(34-4)7-6-8-19(20)35-5/h6-8,11-12,14-16,21H,9-10,13H2,1-5H3,(H,29,30)/t15?,16-,21?/m1/s1. The molecule has 0 aliphatic carbocycles. The van der Waals surface area contributed by atoms with Crippen LogP contribution in [0.25, 0.3) is 5.69 Å². The summed E-state index contributed by atoms with van der Waals surface area (Å²) in [4.78, 5) is 8.40. The highest BCUT2D eigenvalue weighted by atomic mass is 35.5. The van der Waals surface area contributed by atoms with E-state index in [2.05, 4.69) is 24.9 Å². The number of aromatic nitrogens is 5. The summed E-state index contributed by atoms with van der Waals surface area (Å²) in [5.74, 6) is 1.49. The van der Waals surface area contributed by atoms with Crippen molar-refractivity contribution < 1.29 is 27.4 Å². The van der Waals surface area contributed by atoms with E-state index in [0.29, 0.717) is 47.7 Å². The lowest BCUT2D eigenvalue weighted by atomic mass is 10.1. The van der Waals surface area contributed by atoms with E-state index in [1.807, 2.05) is 0 Å². The summed E-state index contributed by atoms with van der Waals surface area (Å²) in [6.45, 7) is 6.11. The molecule has 0 radical (unpaired) electrons. The Kier molecular flexibility index (Phi) is 8.71. The number of nitrogens with one attached hydrogen (secondary N) is 1. The first-order valence-corrected chi connectivity index (χ1v) is 14.0.